The molecule has 0 aromatic heterocycles. The lowest BCUT2D eigenvalue weighted by atomic mass is 9.85. The van der Waals surface area contributed by atoms with Gasteiger partial charge in [-0.3, -0.25) is 0 Å². The minimum absolute atomic E-state index is 0.212. The molecule has 272 valence electrons. The van der Waals surface area contributed by atoms with Crippen LogP contribution in [0.4, 0.5) is 0 Å². The lowest BCUT2D eigenvalue weighted by Crippen LogP contribution is -2.27. The Morgan fingerprint density at radius 2 is 0.780 bits per heavy atom. The Labute approximate surface area is 297 Å². The number of hydrogen-bond donors (Lipinski definition) is 0. The Bertz CT molecular complexity index is 1730. The molecular formula is C41H54O9. The van der Waals surface area contributed by atoms with Gasteiger partial charge in [-0.2, -0.15) is 0 Å². The van der Waals surface area contributed by atoms with Gasteiger partial charge in [0.15, 0.2) is 19.8 Å². The Kier molecular flexibility index (Phi) is 12.4. The Hall–Kier alpha value is -4.53. The van der Waals surface area contributed by atoms with E-state index in [-0.39, 0.29) is 19.8 Å². The molecule has 0 amide bonds. The maximum Gasteiger partial charge on any atom is 0.344 e. The number of hydrogen-bond acceptors (Lipinski definition) is 9. The number of benzene rings is 3. The smallest absolute Gasteiger partial charge is 0.344 e. The van der Waals surface area contributed by atoms with Gasteiger partial charge in [0, 0.05) is 5.56 Å². The van der Waals surface area contributed by atoms with Crippen LogP contribution in [0, 0.1) is 34.6 Å². The Morgan fingerprint density at radius 3 is 1.14 bits per heavy atom. The Balaban J connectivity index is 2.13. The maximum absolute atomic E-state index is 12.8. The summed E-state index contributed by atoms with van der Waals surface area (Å²) in [6, 6.07) is 11.7. The first-order valence-electron chi connectivity index (χ1n) is 16.8. The molecule has 0 radical (unpaired) electrons. The molecule has 0 spiro atoms. The van der Waals surface area contributed by atoms with Crippen molar-refractivity contribution in [1.82, 2.24) is 0 Å². The van der Waals surface area contributed by atoms with Crippen molar-refractivity contribution in [3.8, 4) is 39.5 Å². The fourth-order valence-corrected chi connectivity index (χ4v) is 5.37. The van der Waals surface area contributed by atoms with Crippen molar-refractivity contribution in [2.45, 2.75) is 114 Å². The average molecular weight is 691 g/mol. The summed E-state index contributed by atoms with van der Waals surface area (Å²) in [5, 5.41) is 0. The summed E-state index contributed by atoms with van der Waals surface area (Å²) in [7, 11) is 0. The SMILES string of the molecule is Cc1cc(-c2c(C)ccc(OCC(=O)OC(C)(C)C)c2-c2cc(C)c(OCC(=O)OC(C)(C)C)cc2C)c(C)cc1OCC(=O)OC(C)(C)C. The highest BCUT2D eigenvalue weighted by Gasteiger charge is 2.24. The molecule has 0 unspecified atom stereocenters. The molecule has 3 aromatic rings. The van der Waals surface area contributed by atoms with Crippen molar-refractivity contribution in [3.05, 3.63) is 64.2 Å². The van der Waals surface area contributed by atoms with Crippen LogP contribution in [0.15, 0.2) is 36.4 Å². The number of carbonyl (C=O) groups excluding carboxylic acids is 3. The van der Waals surface area contributed by atoms with Crippen molar-refractivity contribution in [2.75, 3.05) is 19.8 Å². The summed E-state index contributed by atoms with van der Waals surface area (Å²) < 4.78 is 34.4. The van der Waals surface area contributed by atoms with Crippen LogP contribution in [-0.4, -0.2) is 54.5 Å². The molecule has 0 bridgehead atoms. The van der Waals surface area contributed by atoms with Crippen LogP contribution >= 0.6 is 0 Å². The highest BCUT2D eigenvalue weighted by atomic mass is 16.6. The zero-order chi connectivity index (χ0) is 37.8. The zero-order valence-corrected chi connectivity index (χ0v) is 32.3. The molecule has 0 saturated heterocycles. The molecule has 0 aliphatic heterocycles. The van der Waals surface area contributed by atoms with E-state index in [1.54, 1.807) is 0 Å². The quantitative estimate of drug-likeness (QED) is 0.144. The number of carbonyl (C=O) groups is 3. The zero-order valence-electron chi connectivity index (χ0n) is 32.3. The monoisotopic (exact) mass is 690 g/mol. The summed E-state index contributed by atoms with van der Waals surface area (Å²) in [4.78, 5) is 37.5. The summed E-state index contributed by atoms with van der Waals surface area (Å²) >= 11 is 0. The minimum atomic E-state index is -0.660. The van der Waals surface area contributed by atoms with Crippen LogP contribution in [0.2, 0.25) is 0 Å². The first kappa shape index (κ1) is 39.9. The van der Waals surface area contributed by atoms with E-state index >= 15 is 0 Å². The van der Waals surface area contributed by atoms with E-state index in [1.165, 1.54) is 0 Å². The van der Waals surface area contributed by atoms with E-state index in [0.717, 1.165) is 50.1 Å². The van der Waals surface area contributed by atoms with E-state index in [4.69, 9.17) is 28.4 Å². The molecule has 3 aromatic carbocycles. The third kappa shape index (κ3) is 11.5. The van der Waals surface area contributed by atoms with Gasteiger partial charge in [-0.15, -0.1) is 0 Å². The van der Waals surface area contributed by atoms with Crippen molar-refractivity contribution in [3.63, 3.8) is 0 Å². The summed E-state index contributed by atoms with van der Waals surface area (Å²) in [5.74, 6) is 0.248. The van der Waals surface area contributed by atoms with E-state index in [0.29, 0.717) is 17.2 Å². The molecule has 0 N–H and O–H groups in total. The van der Waals surface area contributed by atoms with E-state index < -0.39 is 34.7 Å². The number of rotatable bonds is 11. The minimum Gasteiger partial charge on any atom is -0.482 e. The molecule has 0 aliphatic rings. The van der Waals surface area contributed by atoms with Crippen LogP contribution in [0.1, 0.15) is 90.1 Å². The molecule has 0 aliphatic carbocycles. The van der Waals surface area contributed by atoms with Gasteiger partial charge < -0.3 is 28.4 Å². The van der Waals surface area contributed by atoms with Gasteiger partial charge in [0.25, 0.3) is 0 Å². The Morgan fingerprint density at radius 1 is 0.440 bits per heavy atom. The van der Waals surface area contributed by atoms with Gasteiger partial charge >= 0.3 is 17.9 Å². The topological polar surface area (TPSA) is 107 Å². The molecule has 50 heavy (non-hydrogen) atoms. The van der Waals surface area contributed by atoms with Gasteiger partial charge in [-0.1, -0.05) is 6.07 Å². The van der Waals surface area contributed by atoms with E-state index in [1.807, 2.05) is 133 Å². The molecule has 0 saturated carbocycles. The van der Waals surface area contributed by atoms with Gasteiger partial charge in [0.05, 0.1) is 0 Å². The largest absolute Gasteiger partial charge is 0.482 e. The fourth-order valence-electron chi connectivity index (χ4n) is 5.37. The standard InChI is InChI=1S/C41H54O9/c1-24-15-16-31(45-21-34(42)48-39(6,7)8)38(30-18-28(5)33(20-26(30)3)47-23-36(44)50-41(12,13)14)37(24)29-17-27(4)32(19-25(29)2)46-22-35(43)49-40(9,10)11/h15-20H,21-23H2,1-14H3. The van der Waals surface area contributed by atoms with Crippen LogP contribution in [-0.2, 0) is 28.6 Å². The van der Waals surface area contributed by atoms with Crippen LogP contribution in [0.5, 0.6) is 17.2 Å². The second-order valence-corrected chi connectivity index (χ2v) is 15.6. The number of ether oxygens (including phenoxy) is 6. The van der Waals surface area contributed by atoms with E-state index in [2.05, 4.69) is 0 Å². The third-order valence-corrected chi connectivity index (χ3v) is 7.25. The molecule has 0 heterocycles. The second kappa shape index (κ2) is 15.6. The van der Waals surface area contributed by atoms with Gasteiger partial charge in [-0.05, 0) is 172 Å². The molecule has 9 heteroatoms. The van der Waals surface area contributed by atoms with Gasteiger partial charge in [0.2, 0.25) is 0 Å². The van der Waals surface area contributed by atoms with Crippen molar-refractivity contribution >= 4 is 17.9 Å². The van der Waals surface area contributed by atoms with Crippen molar-refractivity contribution in [1.29, 1.82) is 0 Å². The first-order valence-corrected chi connectivity index (χ1v) is 16.8. The van der Waals surface area contributed by atoms with Gasteiger partial charge in [-0.25, -0.2) is 14.4 Å². The highest BCUT2D eigenvalue weighted by Crippen LogP contribution is 2.46. The molecule has 9 nitrogen and oxygen atoms in total. The highest BCUT2D eigenvalue weighted by molar-refractivity contribution is 5.93. The second-order valence-electron chi connectivity index (χ2n) is 15.6. The number of aryl methyl sites for hydroxylation is 5. The first-order chi connectivity index (χ1) is 22.9. The molecule has 3 rings (SSSR count). The normalized spacial score (nSPS) is 11.9. The van der Waals surface area contributed by atoms with Crippen LogP contribution in [0.3, 0.4) is 0 Å². The third-order valence-electron chi connectivity index (χ3n) is 7.25. The maximum atomic E-state index is 12.8. The fraction of sp³-hybridized carbons (Fsp3) is 0.488. The molecular weight excluding hydrogens is 636 g/mol. The van der Waals surface area contributed by atoms with Gasteiger partial charge in [0.1, 0.15) is 34.1 Å². The predicted octanol–water partition coefficient (Wildman–Crippen LogP) is 8.72. The van der Waals surface area contributed by atoms with Crippen molar-refractivity contribution in [2.24, 2.45) is 0 Å². The summed E-state index contributed by atoms with van der Waals surface area (Å²) in [6.45, 7) is 25.4. The lowest BCUT2D eigenvalue weighted by molar-refractivity contribution is -0.158. The summed E-state index contributed by atoms with van der Waals surface area (Å²) in [6.07, 6.45) is 0. The lowest BCUT2D eigenvalue weighted by Gasteiger charge is -2.24. The number of esters is 3. The van der Waals surface area contributed by atoms with E-state index in [9.17, 15) is 14.4 Å². The molecule has 0 atom stereocenters. The average Bonchev–Trinajstić information content (AvgIpc) is 2.94. The predicted molar refractivity (Wildman–Crippen MR) is 195 cm³/mol. The molecule has 0 fully saturated rings. The van der Waals surface area contributed by atoms with Crippen LogP contribution in [0.25, 0.3) is 22.3 Å². The van der Waals surface area contributed by atoms with Crippen LogP contribution < -0.4 is 14.2 Å². The summed E-state index contributed by atoms with van der Waals surface area (Å²) in [5.41, 5.74) is 6.02. The van der Waals surface area contributed by atoms with Crippen molar-refractivity contribution < 1.29 is 42.8 Å².